The van der Waals surface area contributed by atoms with Crippen LogP contribution in [0.2, 0.25) is 0 Å². The van der Waals surface area contributed by atoms with Gasteiger partial charge in [0.1, 0.15) is 0 Å². The highest BCUT2D eigenvalue weighted by atomic mass is 32.1. The lowest BCUT2D eigenvalue weighted by Crippen LogP contribution is -2.42. The summed E-state index contributed by atoms with van der Waals surface area (Å²) in [6, 6.07) is 0. The second kappa shape index (κ2) is 9.67. The number of guanidine groups is 1. The molecule has 2 saturated heterocycles. The molecule has 1 unspecified atom stereocenters. The quantitative estimate of drug-likeness (QED) is 0.605. The molecule has 7 heteroatoms. The van der Waals surface area contributed by atoms with E-state index in [0.29, 0.717) is 0 Å². The van der Waals surface area contributed by atoms with Crippen LogP contribution >= 0.6 is 11.3 Å². The van der Waals surface area contributed by atoms with Crippen LogP contribution < -0.4 is 5.32 Å². The number of hydrogen-bond acceptors (Lipinski definition) is 5. The fraction of sp³-hybridized carbons (Fsp3) is 0.789. The summed E-state index contributed by atoms with van der Waals surface area (Å²) in [7, 11) is 0. The van der Waals surface area contributed by atoms with Crippen molar-refractivity contribution in [2.45, 2.75) is 33.6 Å². The second-order valence-electron chi connectivity index (χ2n) is 7.24. The number of thiazole rings is 1. The highest BCUT2D eigenvalue weighted by Gasteiger charge is 2.27. The smallest absolute Gasteiger partial charge is 0.193 e. The molecule has 3 heterocycles. The van der Waals surface area contributed by atoms with Gasteiger partial charge in [-0.05, 0) is 33.1 Å². The highest BCUT2D eigenvalue weighted by Crippen LogP contribution is 2.19. The number of ether oxygens (including phenoxy) is 1. The van der Waals surface area contributed by atoms with Gasteiger partial charge in [0.15, 0.2) is 5.96 Å². The Bertz CT molecular complexity index is 597. The molecule has 0 bridgehead atoms. The molecule has 1 N–H and O–H groups in total. The molecule has 1 atom stereocenters. The maximum absolute atomic E-state index is 5.46. The molecular formula is C19H33N5OS. The molecule has 1 aromatic rings. The SMILES string of the molecule is CCNC(=NCCc1sc(C)nc1C)N1CCC(CN2CCOCC2)C1. The number of aryl methyl sites for hydroxylation is 2. The summed E-state index contributed by atoms with van der Waals surface area (Å²) < 4.78 is 5.46. The molecule has 0 aliphatic carbocycles. The van der Waals surface area contributed by atoms with Crippen LogP contribution in [0, 0.1) is 19.8 Å². The zero-order chi connectivity index (χ0) is 18.4. The van der Waals surface area contributed by atoms with Gasteiger partial charge in [0.25, 0.3) is 0 Å². The topological polar surface area (TPSA) is 53.0 Å². The molecule has 2 fully saturated rings. The fourth-order valence-corrected chi connectivity index (χ4v) is 4.74. The maximum Gasteiger partial charge on any atom is 0.193 e. The number of aliphatic imine (C=N–C) groups is 1. The van der Waals surface area contributed by atoms with E-state index >= 15 is 0 Å². The van der Waals surface area contributed by atoms with Gasteiger partial charge in [-0.1, -0.05) is 0 Å². The minimum absolute atomic E-state index is 0.739. The lowest BCUT2D eigenvalue weighted by Gasteiger charge is -2.29. The summed E-state index contributed by atoms with van der Waals surface area (Å²) in [6.45, 7) is 15.4. The van der Waals surface area contributed by atoms with E-state index in [1.807, 2.05) is 0 Å². The number of aromatic nitrogens is 1. The van der Waals surface area contributed by atoms with Crippen LogP contribution in [0.15, 0.2) is 4.99 Å². The van der Waals surface area contributed by atoms with Crippen LogP contribution in [0.1, 0.15) is 28.9 Å². The normalized spacial score (nSPS) is 22.2. The summed E-state index contributed by atoms with van der Waals surface area (Å²) in [5.74, 6) is 1.82. The molecule has 0 radical (unpaired) electrons. The molecule has 6 nitrogen and oxygen atoms in total. The van der Waals surface area contributed by atoms with Crippen LogP contribution in [-0.2, 0) is 11.2 Å². The molecule has 3 rings (SSSR count). The lowest BCUT2D eigenvalue weighted by atomic mass is 10.1. The molecule has 26 heavy (non-hydrogen) atoms. The Labute approximate surface area is 161 Å². The van der Waals surface area contributed by atoms with Gasteiger partial charge in [0, 0.05) is 57.1 Å². The molecule has 0 aromatic carbocycles. The van der Waals surface area contributed by atoms with E-state index in [1.54, 1.807) is 11.3 Å². The van der Waals surface area contributed by atoms with Crippen LogP contribution in [-0.4, -0.2) is 79.8 Å². The van der Waals surface area contributed by atoms with Crippen LogP contribution in [0.25, 0.3) is 0 Å². The fourth-order valence-electron chi connectivity index (χ4n) is 3.82. The van der Waals surface area contributed by atoms with Crippen molar-refractivity contribution in [3.63, 3.8) is 0 Å². The first-order valence-electron chi connectivity index (χ1n) is 9.92. The first-order valence-corrected chi connectivity index (χ1v) is 10.7. The molecule has 2 aliphatic heterocycles. The van der Waals surface area contributed by atoms with Crippen molar-refractivity contribution in [3.05, 3.63) is 15.6 Å². The van der Waals surface area contributed by atoms with Gasteiger partial charge in [0.2, 0.25) is 0 Å². The van der Waals surface area contributed by atoms with Crippen LogP contribution in [0.3, 0.4) is 0 Å². The number of morpholine rings is 1. The van der Waals surface area contributed by atoms with E-state index in [1.165, 1.54) is 23.5 Å². The summed E-state index contributed by atoms with van der Waals surface area (Å²) >= 11 is 1.80. The molecule has 0 amide bonds. The molecule has 0 spiro atoms. The Balaban J connectivity index is 1.51. The van der Waals surface area contributed by atoms with Crippen molar-refractivity contribution >= 4 is 17.3 Å². The van der Waals surface area contributed by atoms with Gasteiger partial charge in [-0.25, -0.2) is 4.98 Å². The van der Waals surface area contributed by atoms with Crippen molar-refractivity contribution in [1.82, 2.24) is 20.1 Å². The van der Waals surface area contributed by atoms with Crippen molar-refractivity contribution in [1.29, 1.82) is 0 Å². The maximum atomic E-state index is 5.46. The highest BCUT2D eigenvalue weighted by molar-refractivity contribution is 7.11. The molecule has 1 aromatic heterocycles. The average molecular weight is 380 g/mol. The lowest BCUT2D eigenvalue weighted by molar-refractivity contribution is 0.0315. The van der Waals surface area contributed by atoms with E-state index in [4.69, 9.17) is 9.73 Å². The summed E-state index contributed by atoms with van der Waals surface area (Å²) in [4.78, 5) is 15.8. The number of hydrogen-bond donors (Lipinski definition) is 1. The first-order chi connectivity index (χ1) is 12.7. The van der Waals surface area contributed by atoms with Gasteiger partial charge < -0.3 is 15.0 Å². The van der Waals surface area contributed by atoms with E-state index in [0.717, 1.165) is 75.8 Å². The minimum atomic E-state index is 0.739. The summed E-state index contributed by atoms with van der Waals surface area (Å²) in [5, 5.41) is 4.64. The number of likely N-dealkylation sites (tertiary alicyclic amines) is 1. The Kier molecular flexibility index (Phi) is 7.28. The average Bonchev–Trinajstić information content (AvgIpc) is 3.21. The van der Waals surface area contributed by atoms with Crippen molar-refractivity contribution < 1.29 is 4.74 Å². The Hall–Kier alpha value is -1.18. The zero-order valence-corrected chi connectivity index (χ0v) is 17.3. The Morgan fingerprint density at radius 2 is 2.12 bits per heavy atom. The van der Waals surface area contributed by atoms with Crippen LogP contribution in [0.5, 0.6) is 0 Å². The Morgan fingerprint density at radius 1 is 1.31 bits per heavy atom. The zero-order valence-electron chi connectivity index (χ0n) is 16.5. The van der Waals surface area contributed by atoms with Gasteiger partial charge in [-0.3, -0.25) is 9.89 Å². The largest absolute Gasteiger partial charge is 0.379 e. The van der Waals surface area contributed by atoms with E-state index < -0.39 is 0 Å². The van der Waals surface area contributed by atoms with Crippen molar-refractivity contribution in [2.75, 3.05) is 59.0 Å². The predicted molar refractivity (Wildman–Crippen MR) is 108 cm³/mol. The third-order valence-electron chi connectivity index (χ3n) is 5.14. The minimum Gasteiger partial charge on any atom is -0.379 e. The predicted octanol–water partition coefficient (Wildman–Crippen LogP) is 1.92. The standard InChI is InChI=1S/C19H33N5OS/c1-4-20-19(21-7-5-18-15(2)22-16(3)26-18)24-8-6-17(14-24)13-23-9-11-25-12-10-23/h17H,4-14H2,1-3H3,(H,20,21). The van der Waals surface area contributed by atoms with Gasteiger partial charge >= 0.3 is 0 Å². The van der Waals surface area contributed by atoms with E-state index in [2.05, 4.69) is 40.9 Å². The second-order valence-corrected chi connectivity index (χ2v) is 8.53. The molecule has 0 saturated carbocycles. The Morgan fingerprint density at radius 3 is 2.81 bits per heavy atom. The monoisotopic (exact) mass is 379 g/mol. The first kappa shape index (κ1) is 19.6. The van der Waals surface area contributed by atoms with Crippen molar-refractivity contribution in [2.24, 2.45) is 10.9 Å². The third-order valence-corrected chi connectivity index (χ3v) is 6.27. The number of nitrogens with zero attached hydrogens (tertiary/aromatic N) is 4. The molecule has 146 valence electrons. The van der Waals surface area contributed by atoms with Crippen LogP contribution in [0.4, 0.5) is 0 Å². The van der Waals surface area contributed by atoms with Gasteiger partial charge in [0.05, 0.1) is 23.9 Å². The van der Waals surface area contributed by atoms with E-state index in [-0.39, 0.29) is 0 Å². The van der Waals surface area contributed by atoms with Crippen molar-refractivity contribution in [3.8, 4) is 0 Å². The molecular weight excluding hydrogens is 346 g/mol. The van der Waals surface area contributed by atoms with E-state index in [9.17, 15) is 0 Å². The van der Waals surface area contributed by atoms with Gasteiger partial charge in [-0.15, -0.1) is 11.3 Å². The number of nitrogens with one attached hydrogen (secondary N) is 1. The van der Waals surface area contributed by atoms with Gasteiger partial charge in [-0.2, -0.15) is 0 Å². The number of rotatable bonds is 6. The summed E-state index contributed by atoms with van der Waals surface area (Å²) in [6.07, 6.45) is 2.24. The molecule has 2 aliphatic rings. The third kappa shape index (κ3) is 5.41. The summed E-state index contributed by atoms with van der Waals surface area (Å²) in [5.41, 5.74) is 1.17.